The third kappa shape index (κ3) is 3.53. The lowest BCUT2D eigenvalue weighted by molar-refractivity contribution is -0.384. The van der Waals surface area contributed by atoms with Crippen LogP contribution in [0.15, 0.2) is 18.2 Å². The second-order valence-corrected chi connectivity index (χ2v) is 3.82. The van der Waals surface area contributed by atoms with Gasteiger partial charge in [0, 0.05) is 24.2 Å². The number of rotatable bonds is 4. The SMILES string of the molecule is Cc1cc([N+](=O)[O-])ccc1C(=O)NC[C@H](C)O. The monoisotopic (exact) mass is 238 g/mol. The van der Waals surface area contributed by atoms with Crippen LogP contribution in [-0.4, -0.2) is 28.6 Å². The largest absolute Gasteiger partial charge is 0.392 e. The number of nitrogens with zero attached hydrogens (tertiary/aromatic N) is 1. The molecule has 92 valence electrons. The number of carbonyl (C=O) groups is 1. The fourth-order valence-corrected chi connectivity index (χ4v) is 1.35. The normalized spacial score (nSPS) is 11.9. The van der Waals surface area contributed by atoms with Gasteiger partial charge in [-0.1, -0.05) is 0 Å². The Morgan fingerprint density at radius 1 is 1.59 bits per heavy atom. The van der Waals surface area contributed by atoms with Gasteiger partial charge in [-0.25, -0.2) is 0 Å². The lowest BCUT2D eigenvalue weighted by atomic mass is 10.1. The molecule has 2 N–H and O–H groups in total. The van der Waals surface area contributed by atoms with Gasteiger partial charge in [0.2, 0.25) is 0 Å². The van der Waals surface area contributed by atoms with E-state index >= 15 is 0 Å². The molecule has 1 aromatic rings. The zero-order chi connectivity index (χ0) is 13.0. The number of hydrogen-bond acceptors (Lipinski definition) is 4. The summed E-state index contributed by atoms with van der Waals surface area (Å²) in [6, 6.07) is 4.03. The van der Waals surface area contributed by atoms with E-state index in [1.54, 1.807) is 13.8 Å². The predicted octanol–water partition coefficient (Wildman–Crippen LogP) is 1.01. The van der Waals surface area contributed by atoms with E-state index in [4.69, 9.17) is 5.11 Å². The van der Waals surface area contributed by atoms with Gasteiger partial charge in [0.1, 0.15) is 0 Å². The Balaban J connectivity index is 2.85. The van der Waals surface area contributed by atoms with E-state index in [9.17, 15) is 14.9 Å². The Kier molecular flexibility index (Phi) is 4.17. The van der Waals surface area contributed by atoms with Crippen molar-refractivity contribution in [2.75, 3.05) is 6.54 Å². The van der Waals surface area contributed by atoms with Crippen molar-refractivity contribution in [1.82, 2.24) is 5.32 Å². The first-order valence-electron chi connectivity index (χ1n) is 5.13. The van der Waals surface area contributed by atoms with Crippen LogP contribution >= 0.6 is 0 Å². The second-order valence-electron chi connectivity index (χ2n) is 3.82. The number of aliphatic hydroxyl groups excluding tert-OH is 1. The number of benzene rings is 1. The molecule has 1 aromatic carbocycles. The van der Waals surface area contributed by atoms with Gasteiger partial charge in [0.05, 0.1) is 11.0 Å². The van der Waals surface area contributed by atoms with Crippen molar-refractivity contribution in [3.63, 3.8) is 0 Å². The van der Waals surface area contributed by atoms with Gasteiger partial charge >= 0.3 is 0 Å². The van der Waals surface area contributed by atoms with Gasteiger partial charge in [-0.3, -0.25) is 14.9 Å². The smallest absolute Gasteiger partial charge is 0.269 e. The summed E-state index contributed by atoms with van der Waals surface area (Å²) in [5.41, 5.74) is 0.855. The molecule has 1 atom stereocenters. The molecular formula is C11H14N2O4. The molecule has 0 radical (unpaired) electrons. The molecule has 6 nitrogen and oxygen atoms in total. The molecule has 0 aliphatic carbocycles. The summed E-state index contributed by atoms with van der Waals surface area (Å²) in [5.74, 6) is -0.349. The molecule has 0 spiro atoms. The van der Waals surface area contributed by atoms with E-state index in [2.05, 4.69) is 5.32 Å². The van der Waals surface area contributed by atoms with Crippen LogP contribution in [0.2, 0.25) is 0 Å². The average Bonchev–Trinajstić information content (AvgIpc) is 2.25. The molecule has 6 heteroatoms. The lowest BCUT2D eigenvalue weighted by Gasteiger charge is -2.08. The minimum atomic E-state index is -0.627. The van der Waals surface area contributed by atoms with E-state index in [0.29, 0.717) is 11.1 Å². The number of carbonyl (C=O) groups excluding carboxylic acids is 1. The molecule has 0 aliphatic rings. The summed E-state index contributed by atoms with van der Waals surface area (Å²) in [7, 11) is 0. The highest BCUT2D eigenvalue weighted by atomic mass is 16.6. The summed E-state index contributed by atoms with van der Waals surface area (Å²) in [5, 5.41) is 22.1. The number of hydrogen-bond donors (Lipinski definition) is 2. The molecule has 0 bridgehead atoms. The third-order valence-electron chi connectivity index (χ3n) is 2.22. The molecule has 0 heterocycles. The van der Waals surface area contributed by atoms with Crippen LogP contribution in [-0.2, 0) is 0 Å². The minimum absolute atomic E-state index is 0.0467. The van der Waals surface area contributed by atoms with Gasteiger partial charge in [0.15, 0.2) is 0 Å². The summed E-state index contributed by atoms with van der Waals surface area (Å²) >= 11 is 0. The highest BCUT2D eigenvalue weighted by Crippen LogP contribution is 2.16. The van der Waals surface area contributed by atoms with Crippen molar-refractivity contribution in [2.24, 2.45) is 0 Å². The number of aliphatic hydroxyl groups is 1. The zero-order valence-corrected chi connectivity index (χ0v) is 9.64. The minimum Gasteiger partial charge on any atom is -0.392 e. The van der Waals surface area contributed by atoms with Crippen molar-refractivity contribution in [3.8, 4) is 0 Å². The standard InChI is InChI=1S/C11H14N2O4/c1-7-5-9(13(16)17)3-4-10(7)11(15)12-6-8(2)14/h3-5,8,14H,6H2,1-2H3,(H,12,15)/t8-/m0/s1. The fraction of sp³-hybridized carbons (Fsp3) is 0.364. The number of nitro groups is 1. The average molecular weight is 238 g/mol. The number of non-ortho nitro benzene ring substituents is 1. The van der Waals surface area contributed by atoms with Crippen LogP contribution in [0.1, 0.15) is 22.8 Å². The molecular weight excluding hydrogens is 224 g/mol. The molecule has 0 aromatic heterocycles. The topological polar surface area (TPSA) is 92.5 Å². The first-order chi connectivity index (χ1) is 7.91. The van der Waals surface area contributed by atoms with Gasteiger partial charge in [-0.05, 0) is 25.5 Å². The van der Waals surface area contributed by atoms with Gasteiger partial charge in [0.25, 0.3) is 11.6 Å². The molecule has 1 amide bonds. The molecule has 0 unspecified atom stereocenters. The summed E-state index contributed by atoms with van der Waals surface area (Å²) in [6.45, 7) is 3.34. The van der Waals surface area contributed by atoms with E-state index in [1.807, 2.05) is 0 Å². The molecule has 0 fully saturated rings. The maximum absolute atomic E-state index is 11.7. The van der Waals surface area contributed by atoms with Crippen molar-refractivity contribution in [2.45, 2.75) is 20.0 Å². The van der Waals surface area contributed by atoms with Gasteiger partial charge in [-0.15, -0.1) is 0 Å². The van der Waals surface area contributed by atoms with Crippen LogP contribution in [0.5, 0.6) is 0 Å². The number of nitro benzene ring substituents is 1. The van der Waals surface area contributed by atoms with Crippen LogP contribution < -0.4 is 5.32 Å². The summed E-state index contributed by atoms with van der Waals surface area (Å²) in [4.78, 5) is 21.7. The fourth-order valence-electron chi connectivity index (χ4n) is 1.35. The second kappa shape index (κ2) is 5.40. The molecule has 0 aliphatic heterocycles. The Bertz CT molecular complexity index is 443. The first kappa shape index (κ1) is 13.1. The lowest BCUT2D eigenvalue weighted by Crippen LogP contribution is -2.30. The van der Waals surface area contributed by atoms with Crippen molar-refractivity contribution >= 4 is 11.6 Å². The Morgan fingerprint density at radius 2 is 2.24 bits per heavy atom. The molecule has 17 heavy (non-hydrogen) atoms. The highest BCUT2D eigenvalue weighted by Gasteiger charge is 2.13. The maximum Gasteiger partial charge on any atom is 0.269 e. The molecule has 0 saturated heterocycles. The predicted molar refractivity (Wildman–Crippen MR) is 61.8 cm³/mol. The quantitative estimate of drug-likeness (QED) is 0.605. The van der Waals surface area contributed by atoms with Crippen LogP contribution in [0.4, 0.5) is 5.69 Å². The Labute approximate surface area is 98.4 Å². The first-order valence-corrected chi connectivity index (χ1v) is 5.13. The Morgan fingerprint density at radius 3 is 2.71 bits per heavy atom. The summed E-state index contributed by atoms with van der Waals surface area (Å²) in [6.07, 6.45) is -0.627. The maximum atomic E-state index is 11.7. The summed E-state index contributed by atoms with van der Waals surface area (Å²) < 4.78 is 0. The van der Waals surface area contributed by atoms with E-state index in [0.717, 1.165) is 0 Å². The van der Waals surface area contributed by atoms with Crippen molar-refractivity contribution in [3.05, 3.63) is 39.4 Å². The molecule has 1 rings (SSSR count). The zero-order valence-electron chi connectivity index (χ0n) is 9.64. The Hall–Kier alpha value is -1.95. The van der Waals surface area contributed by atoms with Crippen LogP contribution in [0.25, 0.3) is 0 Å². The highest BCUT2D eigenvalue weighted by molar-refractivity contribution is 5.95. The number of nitrogens with one attached hydrogen (secondary N) is 1. The van der Waals surface area contributed by atoms with Crippen LogP contribution in [0, 0.1) is 17.0 Å². The molecule has 0 saturated carbocycles. The van der Waals surface area contributed by atoms with E-state index in [1.165, 1.54) is 18.2 Å². The van der Waals surface area contributed by atoms with Gasteiger partial charge in [-0.2, -0.15) is 0 Å². The third-order valence-corrected chi connectivity index (χ3v) is 2.22. The van der Waals surface area contributed by atoms with E-state index in [-0.39, 0.29) is 18.1 Å². The van der Waals surface area contributed by atoms with Gasteiger partial charge < -0.3 is 10.4 Å². The van der Waals surface area contributed by atoms with Crippen LogP contribution in [0.3, 0.4) is 0 Å². The number of aryl methyl sites for hydroxylation is 1. The number of amides is 1. The van der Waals surface area contributed by atoms with Crippen molar-refractivity contribution in [1.29, 1.82) is 0 Å². The van der Waals surface area contributed by atoms with Crippen molar-refractivity contribution < 1.29 is 14.8 Å². The van der Waals surface area contributed by atoms with E-state index < -0.39 is 11.0 Å².